The second-order valence-electron chi connectivity index (χ2n) is 4.15. The number of benzene rings is 1. The number of hydrogen-bond acceptors (Lipinski definition) is 3. The summed E-state index contributed by atoms with van der Waals surface area (Å²) < 4.78 is 1.80. The zero-order valence-electron chi connectivity index (χ0n) is 9.68. The van der Waals surface area contributed by atoms with E-state index in [-0.39, 0.29) is 6.04 Å². The Balaban J connectivity index is 2.59. The molecule has 0 spiro atoms. The van der Waals surface area contributed by atoms with Gasteiger partial charge in [-0.15, -0.1) is 0 Å². The number of Topliss-reactive ketones (excluding diaryl/α,β-unsaturated/α-hetero) is 1. The Bertz CT molecular complexity index is 599. The van der Waals surface area contributed by atoms with Gasteiger partial charge in [-0.2, -0.15) is 5.10 Å². The molecule has 88 valence electrons. The van der Waals surface area contributed by atoms with Crippen LogP contribution in [-0.4, -0.2) is 21.5 Å². The first-order valence-corrected chi connectivity index (χ1v) is 5.32. The Labute approximate surface area is 98.2 Å². The van der Waals surface area contributed by atoms with Gasteiger partial charge in [0.2, 0.25) is 5.78 Å². The lowest BCUT2D eigenvalue weighted by molar-refractivity contribution is -0.114. The molecule has 0 atom stereocenters. The smallest absolute Gasteiger partial charge is 0.289 e. The lowest BCUT2D eigenvalue weighted by Gasteiger charge is -2.07. The first-order valence-electron chi connectivity index (χ1n) is 5.32. The first-order chi connectivity index (χ1) is 8.00. The Hall–Kier alpha value is -2.17. The third-order valence-electron chi connectivity index (χ3n) is 2.57. The fourth-order valence-corrected chi connectivity index (χ4v) is 1.73. The molecule has 5 heteroatoms. The van der Waals surface area contributed by atoms with Gasteiger partial charge < -0.3 is 5.73 Å². The van der Waals surface area contributed by atoms with Gasteiger partial charge >= 0.3 is 0 Å². The van der Waals surface area contributed by atoms with Crippen LogP contribution in [0.4, 0.5) is 0 Å². The number of carbonyl (C=O) groups is 2. The van der Waals surface area contributed by atoms with Crippen LogP contribution in [0.2, 0.25) is 0 Å². The van der Waals surface area contributed by atoms with Gasteiger partial charge in [-0.05, 0) is 19.9 Å². The molecular weight excluding hydrogens is 218 g/mol. The second kappa shape index (κ2) is 4.01. The minimum absolute atomic E-state index is 0.187. The molecule has 0 aliphatic rings. The second-order valence-corrected chi connectivity index (χ2v) is 4.15. The average molecular weight is 231 g/mol. The van der Waals surface area contributed by atoms with E-state index in [1.165, 1.54) is 0 Å². The highest BCUT2D eigenvalue weighted by atomic mass is 16.2. The van der Waals surface area contributed by atoms with Crippen molar-refractivity contribution >= 4 is 22.6 Å². The van der Waals surface area contributed by atoms with Crippen molar-refractivity contribution in [3.05, 3.63) is 30.0 Å². The van der Waals surface area contributed by atoms with Gasteiger partial charge in [0.1, 0.15) is 0 Å². The molecule has 0 radical (unpaired) electrons. The monoisotopic (exact) mass is 231 g/mol. The van der Waals surface area contributed by atoms with Gasteiger partial charge in [-0.1, -0.05) is 12.1 Å². The predicted molar refractivity (Wildman–Crippen MR) is 63.6 cm³/mol. The number of rotatable bonds is 3. The van der Waals surface area contributed by atoms with Crippen molar-refractivity contribution in [2.75, 3.05) is 0 Å². The largest absolute Gasteiger partial charge is 0.363 e. The molecule has 2 rings (SSSR count). The lowest BCUT2D eigenvalue weighted by Crippen LogP contribution is -2.23. The van der Waals surface area contributed by atoms with E-state index < -0.39 is 11.7 Å². The summed E-state index contributed by atoms with van der Waals surface area (Å²) >= 11 is 0. The summed E-state index contributed by atoms with van der Waals surface area (Å²) in [5.41, 5.74) is 6.10. The van der Waals surface area contributed by atoms with E-state index in [0.717, 1.165) is 10.9 Å². The highest BCUT2D eigenvalue weighted by Crippen LogP contribution is 2.19. The van der Waals surface area contributed by atoms with Gasteiger partial charge in [0.15, 0.2) is 0 Å². The molecule has 1 amide bonds. The van der Waals surface area contributed by atoms with Crippen molar-refractivity contribution in [3.8, 4) is 0 Å². The van der Waals surface area contributed by atoms with Gasteiger partial charge in [0.05, 0.1) is 11.7 Å². The number of carbonyl (C=O) groups excluding carboxylic acids is 2. The third kappa shape index (κ3) is 1.91. The Kier molecular flexibility index (Phi) is 2.67. The molecular formula is C12H13N3O2. The minimum atomic E-state index is -0.944. The molecule has 0 saturated carbocycles. The van der Waals surface area contributed by atoms with E-state index in [0.29, 0.717) is 5.56 Å². The molecule has 1 aromatic carbocycles. The molecule has 0 aliphatic carbocycles. The summed E-state index contributed by atoms with van der Waals surface area (Å²) in [6.45, 7) is 3.99. The van der Waals surface area contributed by atoms with E-state index >= 15 is 0 Å². The summed E-state index contributed by atoms with van der Waals surface area (Å²) in [7, 11) is 0. The van der Waals surface area contributed by atoms with E-state index in [1.807, 2.05) is 13.8 Å². The number of ketones is 1. The first kappa shape index (κ1) is 11.3. The normalized spacial score (nSPS) is 11.0. The molecule has 0 saturated heterocycles. The minimum Gasteiger partial charge on any atom is -0.363 e. The number of fused-ring (bicyclic) bond motifs is 1. The number of amides is 1. The van der Waals surface area contributed by atoms with Crippen LogP contribution in [0, 0.1) is 0 Å². The molecule has 1 aromatic heterocycles. The maximum atomic E-state index is 11.5. The standard InChI is InChI=1S/C12H13N3O2/c1-7(2)15-10-5-8(11(16)12(13)17)3-4-9(10)6-14-15/h3-7H,1-2H3,(H2,13,17). The van der Waals surface area contributed by atoms with Crippen molar-refractivity contribution in [2.24, 2.45) is 5.73 Å². The average Bonchev–Trinajstić information content (AvgIpc) is 2.70. The van der Waals surface area contributed by atoms with Gasteiger partial charge in [-0.25, -0.2) is 0 Å². The van der Waals surface area contributed by atoms with Crippen molar-refractivity contribution in [1.29, 1.82) is 0 Å². The molecule has 0 bridgehead atoms. The summed E-state index contributed by atoms with van der Waals surface area (Å²) in [6, 6.07) is 5.18. The van der Waals surface area contributed by atoms with Gasteiger partial charge in [-0.3, -0.25) is 14.3 Å². The summed E-state index contributed by atoms with van der Waals surface area (Å²) in [4.78, 5) is 22.3. The highest BCUT2D eigenvalue weighted by molar-refractivity contribution is 6.42. The van der Waals surface area contributed by atoms with Crippen molar-refractivity contribution in [3.63, 3.8) is 0 Å². The zero-order valence-corrected chi connectivity index (χ0v) is 9.68. The lowest BCUT2D eigenvalue weighted by atomic mass is 10.1. The van der Waals surface area contributed by atoms with Gasteiger partial charge in [0, 0.05) is 17.0 Å². The maximum absolute atomic E-state index is 11.5. The van der Waals surface area contributed by atoms with Crippen molar-refractivity contribution < 1.29 is 9.59 Å². The van der Waals surface area contributed by atoms with E-state index in [2.05, 4.69) is 5.10 Å². The van der Waals surface area contributed by atoms with E-state index in [4.69, 9.17) is 5.73 Å². The Morgan fingerprint density at radius 1 is 1.35 bits per heavy atom. The number of primary amides is 1. The van der Waals surface area contributed by atoms with Crippen LogP contribution in [-0.2, 0) is 4.79 Å². The van der Waals surface area contributed by atoms with Crippen LogP contribution < -0.4 is 5.73 Å². The van der Waals surface area contributed by atoms with Crippen molar-refractivity contribution in [1.82, 2.24) is 9.78 Å². The van der Waals surface area contributed by atoms with Gasteiger partial charge in [0.25, 0.3) is 5.91 Å². The fourth-order valence-electron chi connectivity index (χ4n) is 1.73. The molecule has 0 aliphatic heterocycles. The van der Waals surface area contributed by atoms with Crippen LogP contribution in [0.1, 0.15) is 30.2 Å². The molecule has 0 fully saturated rings. The third-order valence-corrected chi connectivity index (χ3v) is 2.57. The molecule has 5 nitrogen and oxygen atoms in total. The number of aromatic nitrogens is 2. The summed E-state index contributed by atoms with van der Waals surface area (Å²) in [5, 5.41) is 5.16. The summed E-state index contributed by atoms with van der Waals surface area (Å²) in [5.74, 6) is -1.62. The van der Waals surface area contributed by atoms with Crippen molar-refractivity contribution in [2.45, 2.75) is 19.9 Å². The fraction of sp³-hybridized carbons (Fsp3) is 0.250. The molecule has 2 aromatic rings. The highest BCUT2D eigenvalue weighted by Gasteiger charge is 2.14. The quantitative estimate of drug-likeness (QED) is 0.638. The van der Waals surface area contributed by atoms with Crippen LogP contribution in [0.5, 0.6) is 0 Å². The zero-order chi connectivity index (χ0) is 12.6. The van der Waals surface area contributed by atoms with Crippen LogP contribution >= 0.6 is 0 Å². The molecule has 17 heavy (non-hydrogen) atoms. The molecule has 0 unspecified atom stereocenters. The predicted octanol–water partition coefficient (Wildman–Crippen LogP) is 1.29. The summed E-state index contributed by atoms with van der Waals surface area (Å²) in [6.07, 6.45) is 1.73. The topological polar surface area (TPSA) is 78.0 Å². The molecule has 2 N–H and O–H groups in total. The van der Waals surface area contributed by atoms with Crippen LogP contribution in [0.25, 0.3) is 10.9 Å². The van der Waals surface area contributed by atoms with Crippen LogP contribution in [0.3, 0.4) is 0 Å². The number of nitrogens with two attached hydrogens (primary N) is 1. The van der Waals surface area contributed by atoms with E-state index in [1.54, 1.807) is 29.1 Å². The maximum Gasteiger partial charge on any atom is 0.289 e. The Morgan fingerprint density at radius 3 is 2.65 bits per heavy atom. The Morgan fingerprint density at radius 2 is 2.06 bits per heavy atom. The number of nitrogens with zero attached hydrogens (tertiary/aromatic N) is 2. The SMILES string of the molecule is CC(C)n1ncc2ccc(C(=O)C(N)=O)cc21. The molecule has 1 heterocycles. The van der Waals surface area contributed by atoms with E-state index in [9.17, 15) is 9.59 Å². The number of hydrogen-bond donors (Lipinski definition) is 1. The van der Waals surface area contributed by atoms with Crippen LogP contribution in [0.15, 0.2) is 24.4 Å².